The first-order valence-corrected chi connectivity index (χ1v) is 6.98. The van der Waals surface area contributed by atoms with Crippen molar-refractivity contribution in [1.29, 1.82) is 0 Å². The Kier molecular flexibility index (Phi) is 9.36. The maximum absolute atomic E-state index is 11.8. The van der Waals surface area contributed by atoms with Gasteiger partial charge >= 0.3 is 40.0 Å². The number of rotatable bonds is 3. The molecule has 0 radical (unpaired) electrons. The summed E-state index contributed by atoms with van der Waals surface area (Å²) in [6.45, 7) is 0. The van der Waals surface area contributed by atoms with Crippen molar-refractivity contribution in [3.05, 3.63) is 71.8 Å². The zero-order valence-electron chi connectivity index (χ0n) is 12.8. The van der Waals surface area contributed by atoms with Gasteiger partial charge in [0.2, 0.25) is 0 Å². The van der Waals surface area contributed by atoms with Gasteiger partial charge in [-0.2, -0.15) is 8.42 Å². The van der Waals surface area contributed by atoms with Crippen molar-refractivity contribution < 1.29 is 52.9 Å². The van der Waals surface area contributed by atoms with Crippen LogP contribution in [0.5, 0.6) is 0 Å². The summed E-state index contributed by atoms with van der Waals surface area (Å²) in [4.78, 5) is 11.8. The van der Waals surface area contributed by atoms with E-state index in [0.717, 1.165) is 18.2 Å². The molecule has 5 nitrogen and oxygen atoms in total. The van der Waals surface area contributed by atoms with E-state index in [-0.39, 0.29) is 36.8 Å². The fraction of sp³-hybridized carbons (Fsp3) is 0.0714. The Morgan fingerprint density at radius 3 is 1.48 bits per heavy atom. The second-order valence-corrected chi connectivity index (χ2v) is 4.84. The summed E-state index contributed by atoms with van der Waals surface area (Å²) in [5, 5.41) is 0. The van der Waals surface area contributed by atoms with Crippen molar-refractivity contribution in [1.82, 2.24) is 0 Å². The third-order valence-electron chi connectivity index (χ3n) is 2.28. The van der Waals surface area contributed by atoms with E-state index in [1.165, 1.54) is 0 Å². The van der Waals surface area contributed by atoms with Gasteiger partial charge in [-0.1, -0.05) is 60.7 Å². The normalized spacial score (nSPS) is 9.81. The van der Waals surface area contributed by atoms with Crippen LogP contribution in [0.2, 0.25) is 0 Å². The topological polar surface area (TPSA) is 80.7 Å². The van der Waals surface area contributed by atoms with Crippen LogP contribution in [0.3, 0.4) is 0 Å². The minimum Gasteiger partial charge on any atom is -1.00 e. The maximum atomic E-state index is 11.8. The van der Waals surface area contributed by atoms with Crippen LogP contribution in [0.15, 0.2) is 60.7 Å². The van der Waals surface area contributed by atoms with Crippen molar-refractivity contribution >= 4 is 16.2 Å². The molecule has 0 fully saturated rings. The molecule has 0 unspecified atom stereocenters. The van der Waals surface area contributed by atoms with Crippen molar-refractivity contribution in [2.24, 2.45) is 0 Å². The van der Waals surface area contributed by atoms with Gasteiger partial charge < -0.3 is 1.43 Å². The standard InChI is InChI=1S/C13H10O.CH4O4S.Na.H/c14-13(11-7-3-1-4-8-11)12-9-5-2-6-10-12;1-5-6(2,3)4;;/h1-10H;1H3,(H,2,3,4);;/q;;+1;-1. The maximum Gasteiger partial charge on any atom is 1.00 e. The van der Waals surface area contributed by atoms with Gasteiger partial charge in [-0.15, -0.1) is 0 Å². The fourth-order valence-corrected chi connectivity index (χ4v) is 1.35. The predicted octanol–water partition coefficient (Wildman–Crippen LogP) is -0.530. The SMILES string of the molecule is COS(=O)(=O)O.O=C(c1ccccc1)c1ccccc1.[H-].[Na+]. The van der Waals surface area contributed by atoms with Crippen LogP contribution in [0.1, 0.15) is 17.3 Å². The number of carbonyl (C=O) groups is 1. The van der Waals surface area contributed by atoms with Crippen LogP contribution in [0.25, 0.3) is 0 Å². The van der Waals surface area contributed by atoms with Crippen molar-refractivity contribution in [2.75, 3.05) is 7.11 Å². The summed E-state index contributed by atoms with van der Waals surface area (Å²) in [5.41, 5.74) is 1.47. The molecule has 1 N–H and O–H groups in total. The van der Waals surface area contributed by atoms with Crippen LogP contribution >= 0.6 is 0 Å². The number of benzene rings is 2. The molecular weight excluding hydrogens is 303 g/mol. The average Bonchev–Trinajstić information content (AvgIpc) is 2.48. The Bertz CT molecular complexity index is 606. The quantitative estimate of drug-likeness (QED) is 0.467. The summed E-state index contributed by atoms with van der Waals surface area (Å²) in [6.07, 6.45) is 0. The summed E-state index contributed by atoms with van der Waals surface area (Å²) in [5.74, 6) is 0.0752. The molecule has 0 aliphatic heterocycles. The van der Waals surface area contributed by atoms with Crippen LogP contribution in [-0.2, 0) is 14.6 Å². The molecule has 0 aliphatic rings. The molecule has 21 heavy (non-hydrogen) atoms. The van der Waals surface area contributed by atoms with Crippen LogP contribution in [0, 0.1) is 0 Å². The van der Waals surface area contributed by atoms with Gasteiger partial charge in [-0.3, -0.25) is 13.5 Å². The van der Waals surface area contributed by atoms with Gasteiger partial charge in [0.05, 0.1) is 7.11 Å². The first-order chi connectivity index (χ1) is 9.44. The number of ketones is 1. The first kappa shape index (κ1) is 20.0. The van der Waals surface area contributed by atoms with E-state index in [4.69, 9.17) is 4.55 Å². The zero-order chi connectivity index (χ0) is 15.0. The Labute approximate surface area is 147 Å². The largest absolute Gasteiger partial charge is 1.00 e. The van der Waals surface area contributed by atoms with Gasteiger partial charge in [0, 0.05) is 11.1 Å². The molecule has 0 bridgehead atoms. The third-order valence-corrected chi connectivity index (χ3v) is 2.70. The molecule has 2 aromatic rings. The summed E-state index contributed by atoms with van der Waals surface area (Å²) in [6, 6.07) is 18.6. The van der Waals surface area contributed by atoms with Gasteiger partial charge in [-0.25, -0.2) is 0 Å². The van der Waals surface area contributed by atoms with E-state index in [1.807, 2.05) is 60.7 Å². The molecule has 7 heteroatoms. The van der Waals surface area contributed by atoms with Gasteiger partial charge in [-0.05, 0) is 0 Å². The summed E-state index contributed by atoms with van der Waals surface area (Å²) in [7, 11) is -3.29. The predicted molar refractivity (Wildman–Crippen MR) is 76.0 cm³/mol. The number of hydrogen-bond acceptors (Lipinski definition) is 4. The van der Waals surface area contributed by atoms with Gasteiger partial charge in [0.25, 0.3) is 0 Å². The molecule has 0 heterocycles. The Morgan fingerprint density at radius 1 is 0.952 bits per heavy atom. The average molecular weight is 318 g/mol. The van der Waals surface area contributed by atoms with Crippen molar-refractivity contribution in [3.63, 3.8) is 0 Å². The molecule has 2 rings (SSSR count). The molecule has 2 aromatic carbocycles. The molecule has 0 aliphatic carbocycles. The minimum atomic E-state index is -4.16. The van der Waals surface area contributed by atoms with Crippen molar-refractivity contribution in [3.8, 4) is 0 Å². The zero-order valence-corrected chi connectivity index (χ0v) is 14.6. The van der Waals surface area contributed by atoms with Crippen molar-refractivity contribution in [2.45, 2.75) is 0 Å². The monoisotopic (exact) mass is 318 g/mol. The summed E-state index contributed by atoms with van der Waals surface area (Å²) < 4.78 is 29.7. The fourth-order valence-electron chi connectivity index (χ4n) is 1.35. The molecule has 0 aromatic heterocycles. The molecule has 0 amide bonds. The number of hydrogen-bond donors (Lipinski definition) is 1. The van der Waals surface area contributed by atoms with Crippen LogP contribution in [0.4, 0.5) is 0 Å². The molecule has 0 atom stereocenters. The molecular formula is C14H15NaO5S. The Morgan fingerprint density at radius 2 is 1.24 bits per heavy atom. The van der Waals surface area contributed by atoms with Crippen LogP contribution in [-0.4, -0.2) is 25.9 Å². The van der Waals surface area contributed by atoms with E-state index in [1.54, 1.807) is 0 Å². The second kappa shape index (κ2) is 9.83. The smallest absolute Gasteiger partial charge is 1.00 e. The first-order valence-electron chi connectivity index (χ1n) is 5.62. The Hall–Kier alpha value is -1.02. The van der Waals surface area contributed by atoms with E-state index in [0.29, 0.717) is 0 Å². The van der Waals surface area contributed by atoms with E-state index in [9.17, 15) is 13.2 Å². The minimum absolute atomic E-state index is 0. The molecule has 0 spiro atoms. The third kappa shape index (κ3) is 8.11. The van der Waals surface area contributed by atoms with Crippen LogP contribution < -0.4 is 29.6 Å². The summed E-state index contributed by atoms with van der Waals surface area (Å²) >= 11 is 0. The number of carbonyl (C=O) groups excluding carboxylic acids is 1. The van der Waals surface area contributed by atoms with E-state index in [2.05, 4.69) is 4.18 Å². The van der Waals surface area contributed by atoms with E-state index < -0.39 is 10.4 Å². The van der Waals surface area contributed by atoms with E-state index >= 15 is 0 Å². The second-order valence-electron chi connectivity index (χ2n) is 3.66. The molecule has 0 saturated heterocycles. The van der Waals surface area contributed by atoms with Gasteiger partial charge in [0.1, 0.15) is 0 Å². The molecule has 0 saturated carbocycles. The molecule has 108 valence electrons. The van der Waals surface area contributed by atoms with Gasteiger partial charge in [0.15, 0.2) is 5.78 Å². The Balaban J connectivity index is 0.